The van der Waals surface area contributed by atoms with Gasteiger partial charge in [-0.15, -0.1) is 0 Å². The molecule has 0 aliphatic carbocycles. The number of nitrogens with one attached hydrogen (secondary N) is 1. The van der Waals surface area contributed by atoms with E-state index in [1.54, 1.807) is 36.4 Å². The van der Waals surface area contributed by atoms with Gasteiger partial charge >= 0.3 is 0 Å². The predicted molar refractivity (Wildman–Crippen MR) is 80.5 cm³/mol. The van der Waals surface area contributed by atoms with Gasteiger partial charge in [-0.25, -0.2) is 13.1 Å². The highest BCUT2D eigenvalue weighted by atomic mass is 35.5. The number of rotatable bonds is 7. The average Bonchev–Trinajstić information content (AvgIpc) is 2.96. The molecule has 0 saturated carbocycles. The van der Waals surface area contributed by atoms with E-state index in [1.165, 1.54) is 13.4 Å². The van der Waals surface area contributed by atoms with E-state index in [0.717, 1.165) is 0 Å². The van der Waals surface area contributed by atoms with Crippen LogP contribution in [-0.4, -0.2) is 22.1 Å². The van der Waals surface area contributed by atoms with E-state index in [2.05, 4.69) is 4.72 Å². The summed E-state index contributed by atoms with van der Waals surface area (Å²) in [4.78, 5) is 0. The van der Waals surface area contributed by atoms with Crippen LogP contribution in [0.5, 0.6) is 0 Å². The number of halogens is 1. The summed E-state index contributed by atoms with van der Waals surface area (Å²) in [5.41, 5.74) is 0.554. The van der Waals surface area contributed by atoms with Crippen LogP contribution in [0.3, 0.4) is 0 Å². The Balaban J connectivity index is 2.00. The van der Waals surface area contributed by atoms with E-state index in [9.17, 15) is 8.42 Å². The first-order chi connectivity index (χ1) is 10.0. The topological polar surface area (TPSA) is 68.5 Å². The standard InChI is InChI=1S/C14H16ClNO4S/c1-19-14(13-7-4-8-20-13)9-16-21(17,18)10-11-5-2-3-6-12(11)15/h2-8,14,16H,9-10H2,1H3/t14-/m0/s1. The Kier molecular flexibility index (Phi) is 5.41. The van der Waals surface area contributed by atoms with Crippen molar-refractivity contribution >= 4 is 21.6 Å². The molecule has 1 atom stereocenters. The minimum absolute atomic E-state index is 0.0940. The predicted octanol–water partition coefficient (Wildman–Crippen LogP) is 2.74. The van der Waals surface area contributed by atoms with Crippen LogP contribution in [0.25, 0.3) is 0 Å². The van der Waals surface area contributed by atoms with Crippen molar-refractivity contribution in [3.8, 4) is 0 Å². The summed E-state index contributed by atoms with van der Waals surface area (Å²) >= 11 is 5.97. The molecule has 0 bridgehead atoms. The Morgan fingerprint density at radius 1 is 1.29 bits per heavy atom. The third-order valence-electron chi connectivity index (χ3n) is 2.94. The van der Waals surface area contributed by atoms with Crippen LogP contribution in [0.1, 0.15) is 17.4 Å². The molecule has 1 heterocycles. The van der Waals surface area contributed by atoms with Gasteiger partial charge in [0.15, 0.2) is 0 Å². The minimum Gasteiger partial charge on any atom is -0.467 e. The van der Waals surface area contributed by atoms with Gasteiger partial charge in [-0.3, -0.25) is 0 Å². The highest BCUT2D eigenvalue weighted by Crippen LogP contribution is 2.19. The van der Waals surface area contributed by atoms with Crippen molar-refractivity contribution in [2.75, 3.05) is 13.7 Å². The van der Waals surface area contributed by atoms with E-state index < -0.39 is 16.1 Å². The first kappa shape index (κ1) is 16.0. The van der Waals surface area contributed by atoms with Crippen molar-refractivity contribution in [3.05, 3.63) is 59.0 Å². The minimum atomic E-state index is -3.51. The Bertz CT molecular complexity index is 670. The fraction of sp³-hybridized carbons (Fsp3) is 0.286. The molecule has 1 N–H and O–H groups in total. The largest absolute Gasteiger partial charge is 0.467 e. The lowest BCUT2D eigenvalue weighted by molar-refractivity contribution is 0.0878. The molecule has 0 amide bonds. The molecule has 0 spiro atoms. The van der Waals surface area contributed by atoms with Gasteiger partial charge in [0.05, 0.1) is 12.0 Å². The van der Waals surface area contributed by atoms with Crippen LogP contribution in [-0.2, 0) is 20.5 Å². The molecule has 5 nitrogen and oxygen atoms in total. The molecule has 0 fully saturated rings. The summed E-state index contributed by atoms with van der Waals surface area (Å²) in [6, 6.07) is 10.3. The van der Waals surface area contributed by atoms with Gasteiger partial charge in [0.1, 0.15) is 11.9 Å². The van der Waals surface area contributed by atoms with Gasteiger partial charge < -0.3 is 9.15 Å². The van der Waals surface area contributed by atoms with Crippen LogP contribution < -0.4 is 4.72 Å². The number of ether oxygens (including phenoxy) is 1. The van der Waals surface area contributed by atoms with Crippen molar-refractivity contribution in [1.29, 1.82) is 0 Å². The summed E-state index contributed by atoms with van der Waals surface area (Å²) in [6.45, 7) is 0.0940. The zero-order valence-electron chi connectivity index (χ0n) is 11.5. The Morgan fingerprint density at radius 2 is 2.05 bits per heavy atom. The second-order valence-corrected chi connectivity index (χ2v) is 6.65. The van der Waals surface area contributed by atoms with Crippen LogP contribution in [0.2, 0.25) is 5.02 Å². The van der Waals surface area contributed by atoms with Gasteiger partial charge in [-0.2, -0.15) is 0 Å². The molecule has 0 aliphatic heterocycles. The summed E-state index contributed by atoms with van der Waals surface area (Å²) < 4.78 is 37.1. The van der Waals surface area contributed by atoms with Gasteiger partial charge in [0.2, 0.25) is 10.0 Å². The summed E-state index contributed by atoms with van der Waals surface area (Å²) in [7, 11) is -2.01. The number of methoxy groups -OCH3 is 1. The Morgan fingerprint density at radius 3 is 2.67 bits per heavy atom. The molecule has 0 aliphatic rings. The summed E-state index contributed by atoms with van der Waals surface area (Å²) in [5, 5.41) is 0.428. The molecule has 1 aromatic heterocycles. The fourth-order valence-corrected chi connectivity index (χ4v) is 3.30. The highest BCUT2D eigenvalue weighted by Gasteiger charge is 2.19. The molecular formula is C14H16ClNO4S. The normalized spacial score (nSPS) is 13.2. The second kappa shape index (κ2) is 7.09. The van der Waals surface area contributed by atoms with Crippen molar-refractivity contribution in [2.45, 2.75) is 11.9 Å². The third-order valence-corrected chi connectivity index (χ3v) is 4.60. The Hall–Kier alpha value is -1.34. The maximum absolute atomic E-state index is 12.1. The van der Waals surface area contributed by atoms with E-state index in [0.29, 0.717) is 16.3 Å². The molecule has 21 heavy (non-hydrogen) atoms. The average molecular weight is 330 g/mol. The Labute approximate surface area is 128 Å². The second-order valence-electron chi connectivity index (χ2n) is 4.44. The summed E-state index contributed by atoms with van der Waals surface area (Å²) in [6.07, 6.45) is 1.04. The molecule has 114 valence electrons. The zero-order chi connectivity index (χ0) is 15.3. The number of benzene rings is 1. The molecule has 0 radical (unpaired) electrons. The van der Waals surface area contributed by atoms with E-state index in [4.69, 9.17) is 20.8 Å². The number of hydrogen-bond donors (Lipinski definition) is 1. The van der Waals surface area contributed by atoms with Gasteiger partial charge in [0.25, 0.3) is 0 Å². The monoisotopic (exact) mass is 329 g/mol. The maximum atomic E-state index is 12.1. The van der Waals surface area contributed by atoms with Crippen LogP contribution >= 0.6 is 11.6 Å². The molecule has 1 aromatic carbocycles. The van der Waals surface area contributed by atoms with E-state index in [-0.39, 0.29) is 12.3 Å². The lowest BCUT2D eigenvalue weighted by Gasteiger charge is -2.14. The quantitative estimate of drug-likeness (QED) is 0.848. The van der Waals surface area contributed by atoms with Crippen molar-refractivity contribution in [1.82, 2.24) is 4.72 Å². The van der Waals surface area contributed by atoms with Crippen molar-refractivity contribution in [3.63, 3.8) is 0 Å². The fourth-order valence-electron chi connectivity index (χ4n) is 1.85. The third kappa shape index (κ3) is 4.57. The lowest BCUT2D eigenvalue weighted by atomic mass is 10.2. The smallest absolute Gasteiger partial charge is 0.215 e. The van der Waals surface area contributed by atoms with Gasteiger partial charge in [-0.1, -0.05) is 29.8 Å². The number of sulfonamides is 1. The number of hydrogen-bond acceptors (Lipinski definition) is 4. The molecule has 0 saturated heterocycles. The van der Waals surface area contributed by atoms with Gasteiger partial charge in [-0.05, 0) is 23.8 Å². The SMILES string of the molecule is CO[C@@H](CNS(=O)(=O)Cc1ccccc1Cl)c1ccco1. The van der Waals surface area contributed by atoms with E-state index in [1.807, 2.05) is 0 Å². The zero-order valence-corrected chi connectivity index (χ0v) is 13.0. The first-order valence-corrected chi connectivity index (χ1v) is 8.32. The first-order valence-electron chi connectivity index (χ1n) is 6.29. The molecule has 0 unspecified atom stereocenters. The van der Waals surface area contributed by atoms with Crippen LogP contribution in [0, 0.1) is 0 Å². The maximum Gasteiger partial charge on any atom is 0.215 e. The van der Waals surface area contributed by atoms with E-state index >= 15 is 0 Å². The lowest BCUT2D eigenvalue weighted by Crippen LogP contribution is -2.30. The summed E-state index contributed by atoms with van der Waals surface area (Å²) in [5.74, 6) is 0.388. The number of furan rings is 1. The van der Waals surface area contributed by atoms with Crippen LogP contribution in [0.4, 0.5) is 0 Å². The molecular weight excluding hydrogens is 314 g/mol. The van der Waals surface area contributed by atoms with Crippen molar-refractivity contribution < 1.29 is 17.6 Å². The van der Waals surface area contributed by atoms with Crippen molar-refractivity contribution in [2.24, 2.45) is 0 Å². The molecule has 7 heteroatoms. The molecule has 2 aromatic rings. The molecule has 2 rings (SSSR count). The van der Waals surface area contributed by atoms with Gasteiger partial charge in [0, 0.05) is 18.7 Å². The highest BCUT2D eigenvalue weighted by molar-refractivity contribution is 7.88. The van der Waals surface area contributed by atoms with Crippen LogP contribution in [0.15, 0.2) is 47.1 Å².